The fourth-order valence-electron chi connectivity index (χ4n) is 3.15. The molecule has 2 rings (SSSR count). The van der Waals surface area contributed by atoms with Gasteiger partial charge in [0.2, 0.25) is 18.2 Å². The molecule has 0 saturated carbocycles. The lowest BCUT2D eigenvalue weighted by Gasteiger charge is -2.33. The van der Waals surface area contributed by atoms with E-state index in [4.69, 9.17) is 10.5 Å². The summed E-state index contributed by atoms with van der Waals surface area (Å²) in [6.45, 7) is 1.69. The Morgan fingerprint density at radius 2 is 2.04 bits per heavy atom. The minimum atomic E-state index is -0.447. The molecule has 1 aromatic carbocycles. The molecule has 3 amide bonds. The van der Waals surface area contributed by atoms with E-state index in [1.165, 1.54) is 4.90 Å². The standard InChI is InChI=1S/C19H28N4O4/c1-22(13-24)17-12-14(4-3-10-27-11-9-20)5-6-15(17)23(2)16-7-8-18(25)21-19(16)26/h5-6,12-13,16H,3-4,7-11,20H2,1-2H3,(H,21,25,26). The molecule has 8 heteroatoms. The summed E-state index contributed by atoms with van der Waals surface area (Å²) in [4.78, 5) is 38.2. The van der Waals surface area contributed by atoms with Gasteiger partial charge in [-0.25, -0.2) is 0 Å². The van der Waals surface area contributed by atoms with E-state index in [1.54, 1.807) is 14.1 Å². The number of carbonyl (C=O) groups excluding carboxylic acids is 3. The third-order valence-corrected chi connectivity index (χ3v) is 4.65. The zero-order chi connectivity index (χ0) is 19.8. The van der Waals surface area contributed by atoms with Gasteiger partial charge in [0, 0.05) is 33.7 Å². The van der Waals surface area contributed by atoms with E-state index in [9.17, 15) is 14.4 Å². The smallest absolute Gasteiger partial charge is 0.249 e. The first-order chi connectivity index (χ1) is 13.0. The molecule has 3 N–H and O–H groups in total. The molecule has 0 spiro atoms. The zero-order valence-corrected chi connectivity index (χ0v) is 15.9. The highest BCUT2D eigenvalue weighted by atomic mass is 16.5. The molecule has 1 unspecified atom stereocenters. The predicted molar refractivity (Wildman–Crippen MR) is 104 cm³/mol. The van der Waals surface area contributed by atoms with Crippen molar-refractivity contribution in [1.29, 1.82) is 0 Å². The molecule has 0 bridgehead atoms. The Balaban J connectivity index is 2.16. The molecule has 1 heterocycles. The molecular weight excluding hydrogens is 348 g/mol. The number of benzene rings is 1. The normalized spacial score (nSPS) is 16.8. The second-order valence-corrected chi connectivity index (χ2v) is 6.62. The maximum absolute atomic E-state index is 12.2. The Kier molecular flexibility index (Phi) is 7.75. The topological polar surface area (TPSA) is 105 Å². The third-order valence-electron chi connectivity index (χ3n) is 4.65. The second kappa shape index (κ2) is 10.0. The number of amides is 3. The molecule has 1 aliphatic rings. The van der Waals surface area contributed by atoms with Crippen LogP contribution in [0.3, 0.4) is 0 Å². The summed E-state index contributed by atoms with van der Waals surface area (Å²) in [5.41, 5.74) is 7.96. The van der Waals surface area contributed by atoms with Crippen LogP contribution in [0.25, 0.3) is 0 Å². The van der Waals surface area contributed by atoms with Crippen LogP contribution in [-0.4, -0.2) is 58.1 Å². The summed E-state index contributed by atoms with van der Waals surface area (Å²) >= 11 is 0. The van der Waals surface area contributed by atoms with Crippen molar-refractivity contribution in [2.75, 3.05) is 43.7 Å². The van der Waals surface area contributed by atoms with Gasteiger partial charge in [-0.2, -0.15) is 0 Å². The molecule has 1 aromatic rings. The Labute approximate surface area is 159 Å². The largest absolute Gasteiger partial charge is 0.380 e. The van der Waals surface area contributed by atoms with E-state index >= 15 is 0 Å². The lowest BCUT2D eigenvalue weighted by Crippen LogP contribution is -2.51. The van der Waals surface area contributed by atoms with Crippen LogP contribution < -0.4 is 20.9 Å². The van der Waals surface area contributed by atoms with E-state index in [2.05, 4.69) is 5.32 Å². The van der Waals surface area contributed by atoms with Crippen molar-refractivity contribution in [3.8, 4) is 0 Å². The van der Waals surface area contributed by atoms with Gasteiger partial charge in [0.25, 0.3) is 0 Å². The van der Waals surface area contributed by atoms with Crippen molar-refractivity contribution in [2.45, 2.75) is 31.7 Å². The fourth-order valence-corrected chi connectivity index (χ4v) is 3.15. The maximum atomic E-state index is 12.2. The fraction of sp³-hybridized carbons (Fsp3) is 0.526. The number of piperidine rings is 1. The van der Waals surface area contributed by atoms with Crippen molar-refractivity contribution in [1.82, 2.24) is 5.32 Å². The number of likely N-dealkylation sites (N-methyl/N-ethyl adjacent to an activating group) is 1. The van der Waals surface area contributed by atoms with Crippen molar-refractivity contribution < 1.29 is 19.1 Å². The molecule has 1 fully saturated rings. The quantitative estimate of drug-likeness (QED) is 0.349. The molecule has 0 aromatic heterocycles. The lowest BCUT2D eigenvalue weighted by atomic mass is 10.0. The van der Waals surface area contributed by atoms with Crippen molar-refractivity contribution in [2.24, 2.45) is 5.73 Å². The maximum Gasteiger partial charge on any atom is 0.249 e. The number of nitrogens with two attached hydrogens (primary N) is 1. The summed E-state index contributed by atoms with van der Waals surface area (Å²) in [5.74, 6) is -0.559. The highest BCUT2D eigenvalue weighted by Gasteiger charge is 2.31. The van der Waals surface area contributed by atoms with E-state index in [1.807, 2.05) is 23.1 Å². The minimum absolute atomic E-state index is 0.248. The highest BCUT2D eigenvalue weighted by Crippen LogP contribution is 2.31. The van der Waals surface area contributed by atoms with Gasteiger partial charge in [-0.1, -0.05) is 6.07 Å². The number of nitrogens with zero attached hydrogens (tertiary/aromatic N) is 2. The van der Waals surface area contributed by atoms with Crippen LogP contribution >= 0.6 is 0 Å². The lowest BCUT2D eigenvalue weighted by molar-refractivity contribution is -0.134. The number of hydrogen-bond donors (Lipinski definition) is 2. The molecular formula is C19H28N4O4. The summed E-state index contributed by atoms with van der Waals surface area (Å²) in [6, 6.07) is 5.41. The van der Waals surface area contributed by atoms with Crippen molar-refractivity contribution >= 4 is 29.6 Å². The summed E-state index contributed by atoms with van der Waals surface area (Å²) in [5, 5.41) is 2.37. The first kappa shape index (κ1) is 20.9. The van der Waals surface area contributed by atoms with Crippen molar-refractivity contribution in [3.63, 3.8) is 0 Å². The first-order valence-corrected chi connectivity index (χ1v) is 9.13. The summed E-state index contributed by atoms with van der Waals surface area (Å²) in [7, 11) is 3.48. The number of carbonyl (C=O) groups is 3. The number of ether oxygens (including phenoxy) is 1. The average molecular weight is 376 g/mol. The van der Waals surface area contributed by atoms with Gasteiger partial charge in [0.05, 0.1) is 18.0 Å². The molecule has 1 atom stereocenters. The number of rotatable bonds is 10. The average Bonchev–Trinajstić information content (AvgIpc) is 2.66. The van der Waals surface area contributed by atoms with Gasteiger partial charge in [-0.15, -0.1) is 0 Å². The van der Waals surface area contributed by atoms with Crippen LogP contribution in [0.15, 0.2) is 18.2 Å². The highest BCUT2D eigenvalue weighted by molar-refractivity contribution is 6.02. The van der Waals surface area contributed by atoms with Gasteiger partial charge < -0.3 is 20.3 Å². The summed E-state index contributed by atoms with van der Waals surface area (Å²) in [6.07, 6.45) is 3.16. The first-order valence-electron chi connectivity index (χ1n) is 9.13. The molecule has 148 valence electrons. The minimum Gasteiger partial charge on any atom is -0.380 e. The Morgan fingerprint density at radius 3 is 2.70 bits per heavy atom. The summed E-state index contributed by atoms with van der Waals surface area (Å²) < 4.78 is 5.39. The monoisotopic (exact) mass is 376 g/mol. The van der Waals surface area contributed by atoms with Crippen LogP contribution in [-0.2, 0) is 25.5 Å². The zero-order valence-electron chi connectivity index (χ0n) is 15.9. The van der Waals surface area contributed by atoms with E-state index in [0.29, 0.717) is 32.6 Å². The van der Waals surface area contributed by atoms with E-state index in [0.717, 1.165) is 36.2 Å². The van der Waals surface area contributed by atoms with Crippen LogP contribution in [0.1, 0.15) is 24.8 Å². The third kappa shape index (κ3) is 5.51. The van der Waals surface area contributed by atoms with E-state index in [-0.39, 0.29) is 11.8 Å². The molecule has 0 radical (unpaired) electrons. The van der Waals surface area contributed by atoms with Gasteiger partial charge in [-0.05, 0) is 37.0 Å². The number of imide groups is 1. The SMILES string of the molecule is CN(C=O)c1cc(CCCOCCN)ccc1N(C)C1CCC(=O)NC1=O. The predicted octanol–water partition coefficient (Wildman–Crippen LogP) is 0.429. The number of aryl methyl sites for hydroxylation is 1. The molecule has 27 heavy (non-hydrogen) atoms. The van der Waals surface area contributed by atoms with Crippen LogP contribution in [0, 0.1) is 0 Å². The van der Waals surface area contributed by atoms with Crippen LogP contribution in [0.4, 0.5) is 11.4 Å². The molecule has 0 aliphatic carbocycles. The van der Waals surface area contributed by atoms with Gasteiger partial charge in [0.15, 0.2) is 0 Å². The van der Waals surface area contributed by atoms with Gasteiger partial charge >= 0.3 is 0 Å². The van der Waals surface area contributed by atoms with Gasteiger partial charge in [-0.3, -0.25) is 19.7 Å². The second-order valence-electron chi connectivity index (χ2n) is 6.62. The molecule has 1 aliphatic heterocycles. The Morgan fingerprint density at radius 1 is 1.26 bits per heavy atom. The van der Waals surface area contributed by atoms with Crippen molar-refractivity contribution in [3.05, 3.63) is 23.8 Å². The Hall–Kier alpha value is -2.45. The number of hydrogen-bond acceptors (Lipinski definition) is 6. The molecule has 1 saturated heterocycles. The Bertz CT molecular complexity index is 680. The number of nitrogens with one attached hydrogen (secondary N) is 1. The molecule has 8 nitrogen and oxygen atoms in total. The van der Waals surface area contributed by atoms with E-state index < -0.39 is 6.04 Å². The van der Waals surface area contributed by atoms with Crippen LogP contribution in [0.5, 0.6) is 0 Å². The van der Waals surface area contributed by atoms with Gasteiger partial charge in [0.1, 0.15) is 6.04 Å². The van der Waals surface area contributed by atoms with Crippen LogP contribution in [0.2, 0.25) is 0 Å². The number of anilines is 2.